The Morgan fingerprint density at radius 1 is 0.769 bits per heavy atom. The quantitative estimate of drug-likeness (QED) is 0.519. The van der Waals surface area contributed by atoms with Crippen molar-refractivity contribution in [1.82, 2.24) is 9.13 Å². The molecule has 0 N–H and O–H groups in total. The van der Waals surface area contributed by atoms with E-state index in [0.717, 1.165) is 16.3 Å². The van der Waals surface area contributed by atoms with Crippen molar-refractivity contribution >= 4 is 22.4 Å². The van der Waals surface area contributed by atoms with Crippen LogP contribution in [0.4, 0.5) is 0 Å². The Balaban J connectivity index is 1.83. The average molecular weight is 363 g/mol. The molecule has 1 heterocycles. The second-order valence-electron chi connectivity index (χ2n) is 6.00. The molecule has 5 heteroatoms. The van der Waals surface area contributed by atoms with Gasteiger partial charge >= 0.3 is 11.1 Å². The molecule has 0 unspecified atom stereocenters. The molecule has 0 aliphatic carbocycles. The van der Waals surface area contributed by atoms with Gasteiger partial charge in [0, 0.05) is 22.8 Å². The second-order valence-corrected chi connectivity index (χ2v) is 6.40. The lowest BCUT2D eigenvalue weighted by Crippen LogP contribution is -2.40. The normalized spacial score (nSPS) is 11.0. The summed E-state index contributed by atoms with van der Waals surface area (Å²) < 4.78 is 2.78. The summed E-state index contributed by atoms with van der Waals surface area (Å²) >= 11 is 6.16. The van der Waals surface area contributed by atoms with E-state index < -0.39 is 11.1 Å². The summed E-state index contributed by atoms with van der Waals surface area (Å²) in [5, 5.41) is 2.50. The zero-order valence-corrected chi connectivity index (χ0v) is 14.6. The van der Waals surface area contributed by atoms with E-state index in [2.05, 4.69) is 0 Å². The highest BCUT2D eigenvalue weighted by Crippen LogP contribution is 2.20. The van der Waals surface area contributed by atoms with Gasteiger partial charge < -0.3 is 4.57 Å². The summed E-state index contributed by atoms with van der Waals surface area (Å²) in [6.07, 6.45) is 3.25. The summed E-state index contributed by atoms with van der Waals surface area (Å²) in [4.78, 5) is 25.3. The van der Waals surface area contributed by atoms with Crippen molar-refractivity contribution in [3.8, 4) is 5.69 Å². The van der Waals surface area contributed by atoms with E-state index in [1.807, 2.05) is 60.7 Å². The second kappa shape index (κ2) is 6.65. The number of halogens is 1. The molecule has 4 rings (SSSR count). The Bertz CT molecular complexity index is 1220. The Morgan fingerprint density at radius 3 is 2.35 bits per heavy atom. The van der Waals surface area contributed by atoms with Gasteiger partial charge in [-0.05, 0) is 23.1 Å². The van der Waals surface area contributed by atoms with E-state index >= 15 is 0 Å². The Labute approximate surface area is 154 Å². The van der Waals surface area contributed by atoms with Crippen molar-refractivity contribution in [1.29, 1.82) is 0 Å². The van der Waals surface area contributed by atoms with Crippen LogP contribution < -0.4 is 11.1 Å². The van der Waals surface area contributed by atoms with Crippen LogP contribution >= 0.6 is 11.6 Å². The fourth-order valence-corrected chi connectivity index (χ4v) is 3.25. The van der Waals surface area contributed by atoms with Gasteiger partial charge in [-0.2, -0.15) is 0 Å². The van der Waals surface area contributed by atoms with Crippen molar-refractivity contribution in [3.05, 3.63) is 110 Å². The number of hydrogen-bond acceptors (Lipinski definition) is 2. The van der Waals surface area contributed by atoms with Crippen LogP contribution in [0.1, 0.15) is 5.56 Å². The first-order chi connectivity index (χ1) is 12.6. The molecule has 0 atom stereocenters. The minimum Gasteiger partial charge on any atom is -0.305 e. The molecule has 0 saturated heterocycles. The molecule has 3 aromatic carbocycles. The van der Waals surface area contributed by atoms with Crippen molar-refractivity contribution in [2.75, 3.05) is 0 Å². The summed E-state index contributed by atoms with van der Waals surface area (Å²) in [7, 11) is 0. The molecule has 0 radical (unpaired) electrons. The lowest BCUT2D eigenvalue weighted by atomic mass is 10.1. The molecule has 26 heavy (non-hydrogen) atoms. The first-order valence-electron chi connectivity index (χ1n) is 8.19. The average Bonchev–Trinajstić information content (AvgIpc) is 2.67. The predicted molar refractivity (Wildman–Crippen MR) is 104 cm³/mol. The molecule has 4 nitrogen and oxygen atoms in total. The van der Waals surface area contributed by atoms with Crippen LogP contribution in [-0.2, 0) is 6.54 Å². The van der Waals surface area contributed by atoms with Crippen LogP contribution in [0, 0.1) is 0 Å². The third-order valence-corrected chi connectivity index (χ3v) is 4.75. The SMILES string of the molecule is O=c1c(=O)n(-c2cccc3ccccc23)ccn1Cc1ccccc1Cl. The monoisotopic (exact) mass is 362 g/mol. The van der Waals surface area contributed by atoms with Gasteiger partial charge in [-0.25, -0.2) is 0 Å². The molecule has 0 saturated carbocycles. The maximum Gasteiger partial charge on any atom is 0.321 e. The van der Waals surface area contributed by atoms with Crippen LogP contribution in [0.5, 0.6) is 0 Å². The Kier molecular flexibility index (Phi) is 4.19. The first-order valence-corrected chi connectivity index (χ1v) is 8.56. The van der Waals surface area contributed by atoms with Gasteiger partial charge in [-0.15, -0.1) is 0 Å². The largest absolute Gasteiger partial charge is 0.321 e. The minimum absolute atomic E-state index is 0.254. The number of nitrogens with zero attached hydrogens (tertiary/aromatic N) is 2. The summed E-state index contributed by atoms with van der Waals surface area (Å²) in [5.74, 6) is 0. The summed E-state index contributed by atoms with van der Waals surface area (Å²) in [6, 6.07) is 20.7. The van der Waals surface area contributed by atoms with E-state index in [1.54, 1.807) is 18.5 Å². The van der Waals surface area contributed by atoms with E-state index in [9.17, 15) is 9.59 Å². The van der Waals surface area contributed by atoms with Crippen LogP contribution in [0.15, 0.2) is 88.7 Å². The van der Waals surface area contributed by atoms with Crippen LogP contribution in [0.25, 0.3) is 16.5 Å². The van der Waals surface area contributed by atoms with E-state index in [0.29, 0.717) is 10.7 Å². The highest BCUT2D eigenvalue weighted by molar-refractivity contribution is 6.31. The molecule has 0 bridgehead atoms. The van der Waals surface area contributed by atoms with Gasteiger partial charge in [-0.1, -0.05) is 66.2 Å². The lowest BCUT2D eigenvalue weighted by Gasteiger charge is -2.12. The molecule has 4 aromatic rings. The van der Waals surface area contributed by atoms with Gasteiger partial charge in [0.25, 0.3) is 0 Å². The number of aromatic nitrogens is 2. The Hall–Kier alpha value is -3.11. The summed E-state index contributed by atoms with van der Waals surface area (Å²) in [5.41, 5.74) is 0.310. The summed E-state index contributed by atoms with van der Waals surface area (Å²) in [6.45, 7) is 0.254. The van der Waals surface area contributed by atoms with E-state index in [4.69, 9.17) is 11.6 Å². The predicted octanol–water partition coefficient (Wildman–Crippen LogP) is 3.85. The van der Waals surface area contributed by atoms with E-state index in [1.165, 1.54) is 9.13 Å². The third-order valence-electron chi connectivity index (χ3n) is 4.38. The fraction of sp³-hybridized carbons (Fsp3) is 0.0476. The zero-order chi connectivity index (χ0) is 18.1. The topological polar surface area (TPSA) is 44.0 Å². The standard InChI is InChI=1S/C21H15ClN2O2/c22-18-10-4-2-7-16(18)14-23-12-13-24(21(26)20(23)25)19-11-5-8-15-6-1-3-9-17(15)19/h1-13H,14H2. The van der Waals surface area contributed by atoms with Crippen molar-refractivity contribution in [2.24, 2.45) is 0 Å². The molecule has 0 amide bonds. The van der Waals surface area contributed by atoms with Crippen LogP contribution in [-0.4, -0.2) is 9.13 Å². The molecule has 0 fully saturated rings. The number of rotatable bonds is 3. The molecule has 128 valence electrons. The van der Waals surface area contributed by atoms with Gasteiger partial charge in [0.2, 0.25) is 0 Å². The number of fused-ring (bicyclic) bond motifs is 1. The molecule has 0 spiro atoms. The van der Waals surface area contributed by atoms with Gasteiger partial charge in [0.15, 0.2) is 0 Å². The smallest absolute Gasteiger partial charge is 0.305 e. The maximum absolute atomic E-state index is 12.7. The van der Waals surface area contributed by atoms with Crippen molar-refractivity contribution in [3.63, 3.8) is 0 Å². The first kappa shape index (κ1) is 16.4. The fourth-order valence-electron chi connectivity index (χ4n) is 3.05. The van der Waals surface area contributed by atoms with Crippen LogP contribution in [0.3, 0.4) is 0 Å². The molecular formula is C21H15ClN2O2. The van der Waals surface area contributed by atoms with Gasteiger partial charge in [0.05, 0.1) is 12.2 Å². The van der Waals surface area contributed by atoms with Crippen LogP contribution in [0.2, 0.25) is 5.02 Å². The highest BCUT2D eigenvalue weighted by atomic mass is 35.5. The van der Waals surface area contributed by atoms with Crippen molar-refractivity contribution in [2.45, 2.75) is 6.54 Å². The molecule has 1 aromatic heterocycles. The minimum atomic E-state index is -0.587. The lowest BCUT2D eigenvalue weighted by molar-refractivity contribution is 0.719. The van der Waals surface area contributed by atoms with Gasteiger partial charge in [0.1, 0.15) is 0 Å². The molecular weight excluding hydrogens is 348 g/mol. The Morgan fingerprint density at radius 2 is 1.50 bits per heavy atom. The zero-order valence-electron chi connectivity index (χ0n) is 13.8. The van der Waals surface area contributed by atoms with Gasteiger partial charge in [-0.3, -0.25) is 14.2 Å². The highest BCUT2D eigenvalue weighted by Gasteiger charge is 2.10. The number of benzene rings is 3. The van der Waals surface area contributed by atoms with E-state index in [-0.39, 0.29) is 6.54 Å². The molecule has 0 aliphatic heterocycles. The van der Waals surface area contributed by atoms with Crippen molar-refractivity contribution < 1.29 is 0 Å². The third kappa shape index (κ3) is 2.85. The maximum atomic E-state index is 12.7. The number of hydrogen-bond donors (Lipinski definition) is 0. The molecule has 0 aliphatic rings.